The number of amides is 2. The Labute approximate surface area is 172 Å². The van der Waals surface area contributed by atoms with Crippen LogP contribution < -0.4 is 10.6 Å². The lowest BCUT2D eigenvalue weighted by Crippen LogP contribution is -2.31. The molecule has 0 aliphatic rings. The molecule has 150 valence electrons. The molecule has 9 heteroatoms. The van der Waals surface area contributed by atoms with Crippen molar-refractivity contribution in [2.45, 2.75) is 32.7 Å². The summed E-state index contributed by atoms with van der Waals surface area (Å²) in [6.07, 6.45) is 3.64. The summed E-state index contributed by atoms with van der Waals surface area (Å²) < 4.78 is 5.19. The molecule has 0 unspecified atom stereocenters. The predicted octanol–water partition coefficient (Wildman–Crippen LogP) is 3.49. The highest BCUT2D eigenvalue weighted by Gasteiger charge is 2.16. The minimum atomic E-state index is -0.299. The van der Waals surface area contributed by atoms with Gasteiger partial charge in [-0.25, -0.2) is 0 Å². The highest BCUT2D eigenvalue weighted by atomic mass is 35.5. The van der Waals surface area contributed by atoms with E-state index in [0.29, 0.717) is 28.0 Å². The SMILES string of the molecule is CC(C)NC(=O)c1ccc(Cl)cc1NC(=O)CCc1nc(-c2cccnc2)no1. The number of rotatable bonds is 7. The van der Waals surface area contributed by atoms with Gasteiger partial charge in [-0.2, -0.15) is 4.98 Å². The molecular weight excluding hydrogens is 394 g/mol. The number of halogens is 1. The summed E-state index contributed by atoms with van der Waals surface area (Å²) in [5.41, 5.74) is 1.42. The second-order valence-electron chi connectivity index (χ2n) is 6.62. The zero-order valence-corrected chi connectivity index (χ0v) is 16.7. The smallest absolute Gasteiger partial charge is 0.253 e. The van der Waals surface area contributed by atoms with Crippen molar-refractivity contribution in [2.75, 3.05) is 5.32 Å². The number of nitrogens with one attached hydrogen (secondary N) is 2. The second-order valence-corrected chi connectivity index (χ2v) is 7.06. The molecule has 2 N–H and O–H groups in total. The summed E-state index contributed by atoms with van der Waals surface area (Å²) in [6.45, 7) is 3.71. The van der Waals surface area contributed by atoms with E-state index < -0.39 is 0 Å². The lowest BCUT2D eigenvalue weighted by molar-refractivity contribution is -0.116. The number of pyridine rings is 1. The van der Waals surface area contributed by atoms with Crippen molar-refractivity contribution in [1.82, 2.24) is 20.4 Å². The fourth-order valence-corrected chi connectivity index (χ4v) is 2.73. The molecule has 0 aliphatic carbocycles. The molecule has 0 aliphatic heterocycles. The van der Waals surface area contributed by atoms with Crippen molar-refractivity contribution in [1.29, 1.82) is 0 Å². The van der Waals surface area contributed by atoms with Gasteiger partial charge < -0.3 is 15.2 Å². The standard InChI is InChI=1S/C20H20ClN5O3/c1-12(2)23-20(28)15-6-5-14(21)10-16(15)24-17(27)7-8-18-25-19(26-29-18)13-4-3-9-22-11-13/h3-6,9-12H,7-8H2,1-2H3,(H,23,28)(H,24,27). The van der Waals surface area contributed by atoms with Crippen LogP contribution in [0.15, 0.2) is 47.2 Å². The second kappa shape index (κ2) is 9.29. The molecule has 0 saturated carbocycles. The lowest BCUT2D eigenvalue weighted by Gasteiger charge is -2.13. The summed E-state index contributed by atoms with van der Waals surface area (Å²) in [6, 6.07) is 8.28. The summed E-state index contributed by atoms with van der Waals surface area (Å²) in [5, 5.41) is 9.84. The largest absolute Gasteiger partial charge is 0.350 e. The van der Waals surface area contributed by atoms with E-state index in [2.05, 4.69) is 25.8 Å². The van der Waals surface area contributed by atoms with Gasteiger partial charge in [0.05, 0.1) is 11.3 Å². The van der Waals surface area contributed by atoms with Crippen LogP contribution >= 0.6 is 11.6 Å². The molecule has 2 aromatic heterocycles. The van der Waals surface area contributed by atoms with E-state index in [1.807, 2.05) is 19.9 Å². The monoisotopic (exact) mass is 413 g/mol. The molecule has 2 amide bonds. The van der Waals surface area contributed by atoms with E-state index in [4.69, 9.17) is 16.1 Å². The van der Waals surface area contributed by atoms with Crippen LogP contribution in [-0.4, -0.2) is 33.0 Å². The summed E-state index contributed by atoms with van der Waals surface area (Å²) in [7, 11) is 0. The molecular formula is C20H20ClN5O3. The first-order valence-corrected chi connectivity index (χ1v) is 9.43. The Morgan fingerprint density at radius 1 is 1.24 bits per heavy atom. The van der Waals surface area contributed by atoms with Gasteiger partial charge in [-0.3, -0.25) is 14.6 Å². The normalized spacial score (nSPS) is 10.8. The molecule has 0 fully saturated rings. The first-order valence-electron chi connectivity index (χ1n) is 9.05. The lowest BCUT2D eigenvalue weighted by atomic mass is 10.1. The number of anilines is 1. The molecule has 3 rings (SSSR count). The summed E-state index contributed by atoms with van der Waals surface area (Å²) in [4.78, 5) is 33.0. The first-order chi connectivity index (χ1) is 13.9. The van der Waals surface area contributed by atoms with Gasteiger partial charge in [0.15, 0.2) is 0 Å². The van der Waals surface area contributed by atoms with Gasteiger partial charge in [-0.05, 0) is 44.2 Å². The number of aryl methyl sites for hydroxylation is 1. The molecule has 0 bridgehead atoms. The van der Waals surface area contributed by atoms with E-state index in [9.17, 15) is 9.59 Å². The van der Waals surface area contributed by atoms with Crippen LogP contribution in [0.3, 0.4) is 0 Å². The average Bonchev–Trinajstić information content (AvgIpc) is 3.16. The van der Waals surface area contributed by atoms with E-state index in [0.717, 1.165) is 5.56 Å². The van der Waals surface area contributed by atoms with Crippen molar-refractivity contribution < 1.29 is 14.1 Å². The molecule has 8 nitrogen and oxygen atoms in total. The van der Waals surface area contributed by atoms with Gasteiger partial charge in [-0.1, -0.05) is 16.8 Å². The van der Waals surface area contributed by atoms with E-state index in [-0.39, 0.29) is 30.7 Å². The zero-order valence-electron chi connectivity index (χ0n) is 16.0. The maximum Gasteiger partial charge on any atom is 0.253 e. The van der Waals surface area contributed by atoms with Crippen molar-refractivity contribution in [2.24, 2.45) is 0 Å². The van der Waals surface area contributed by atoms with Gasteiger partial charge in [-0.15, -0.1) is 0 Å². The van der Waals surface area contributed by atoms with E-state index >= 15 is 0 Å². The van der Waals surface area contributed by atoms with Crippen LogP contribution in [0.2, 0.25) is 5.02 Å². The molecule has 0 radical (unpaired) electrons. The van der Waals surface area contributed by atoms with E-state index in [1.165, 1.54) is 0 Å². The number of nitrogens with zero attached hydrogens (tertiary/aromatic N) is 3. The Hall–Kier alpha value is -3.26. The minimum Gasteiger partial charge on any atom is -0.350 e. The Bertz CT molecular complexity index is 1000. The van der Waals surface area contributed by atoms with Gasteiger partial charge >= 0.3 is 0 Å². The van der Waals surface area contributed by atoms with Crippen molar-refractivity contribution in [3.8, 4) is 11.4 Å². The van der Waals surface area contributed by atoms with Crippen LogP contribution in [0.4, 0.5) is 5.69 Å². The third-order valence-corrected chi connectivity index (χ3v) is 4.11. The Morgan fingerprint density at radius 3 is 2.79 bits per heavy atom. The zero-order chi connectivity index (χ0) is 20.8. The van der Waals surface area contributed by atoms with Crippen LogP contribution in [-0.2, 0) is 11.2 Å². The average molecular weight is 414 g/mol. The maximum absolute atomic E-state index is 12.4. The highest BCUT2D eigenvalue weighted by molar-refractivity contribution is 6.31. The molecule has 0 atom stereocenters. The van der Waals surface area contributed by atoms with E-state index in [1.54, 1.807) is 36.7 Å². The number of hydrogen-bond acceptors (Lipinski definition) is 6. The number of carbonyl (C=O) groups excluding carboxylic acids is 2. The van der Waals surface area contributed by atoms with Crippen molar-refractivity contribution in [3.05, 3.63) is 59.2 Å². The molecule has 0 saturated heterocycles. The quantitative estimate of drug-likeness (QED) is 0.613. The number of benzene rings is 1. The Balaban J connectivity index is 1.63. The third-order valence-electron chi connectivity index (χ3n) is 3.87. The van der Waals surface area contributed by atoms with Gasteiger partial charge in [0.2, 0.25) is 17.6 Å². The fourth-order valence-electron chi connectivity index (χ4n) is 2.56. The number of hydrogen-bond donors (Lipinski definition) is 2. The number of aromatic nitrogens is 3. The van der Waals surface area contributed by atoms with Crippen LogP contribution in [0.25, 0.3) is 11.4 Å². The molecule has 1 aromatic carbocycles. The predicted molar refractivity (Wildman–Crippen MR) is 109 cm³/mol. The maximum atomic E-state index is 12.4. The highest BCUT2D eigenvalue weighted by Crippen LogP contribution is 2.22. The fraction of sp³-hybridized carbons (Fsp3) is 0.250. The van der Waals surface area contributed by atoms with Gasteiger partial charge in [0.25, 0.3) is 5.91 Å². The molecule has 0 spiro atoms. The van der Waals surface area contributed by atoms with Crippen LogP contribution in [0.1, 0.15) is 36.5 Å². The van der Waals surface area contributed by atoms with Gasteiger partial charge in [0, 0.05) is 41.9 Å². The van der Waals surface area contributed by atoms with Crippen molar-refractivity contribution >= 4 is 29.1 Å². The van der Waals surface area contributed by atoms with Crippen LogP contribution in [0, 0.1) is 0 Å². The molecule has 2 heterocycles. The van der Waals surface area contributed by atoms with Gasteiger partial charge in [0.1, 0.15) is 0 Å². The Morgan fingerprint density at radius 2 is 2.07 bits per heavy atom. The Kier molecular flexibility index (Phi) is 6.56. The molecule has 3 aromatic rings. The minimum absolute atomic E-state index is 0.0340. The topological polar surface area (TPSA) is 110 Å². The summed E-state index contributed by atoms with van der Waals surface area (Å²) >= 11 is 6.02. The van der Waals surface area contributed by atoms with Crippen LogP contribution in [0.5, 0.6) is 0 Å². The first kappa shape index (κ1) is 20.5. The summed E-state index contributed by atoms with van der Waals surface area (Å²) in [5.74, 6) is 0.163. The molecule has 29 heavy (non-hydrogen) atoms. The van der Waals surface area contributed by atoms with Crippen molar-refractivity contribution in [3.63, 3.8) is 0 Å². The number of carbonyl (C=O) groups is 2. The third kappa shape index (κ3) is 5.61.